The molecule has 162 valence electrons. The number of anilines is 2. The largest absolute Gasteiger partial charge is 0.326 e. The number of carbonyl (C=O) groups is 2. The molecule has 1 aliphatic rings. The van der Waals surface area contributed by atoms with Crippen LogP contribution in [0.5, 0.6) is 0 Å². The van der Waals surface area contributed by atoms with Gasteiger partial charge < -0.3 is 10.6 Å². The Morgan fingerprint density at radius 3 is 2.62 bits per heavy atom. The van der Waals surface area contributed by atoms with Gasteiger partial charge in [0.15, 0.2) is 0 Å². The van der Waals surface area contributed by atoms with Gasteiger partial charge in [-0.3, -0.25) is 9.59 Å². The van der Waals surface area contributed by atoms with Gasteiger partial charge in [0, 0.05) is 15.5 Å². The van der Waals surface area contributed by atoms with E-state index in [4.69, 9.17) is 0 Å². The molecule has 5 nitrogen and oxygen atoms in total. The average molecular weight is 462 g/mol. The number of nitriles is 1. The number of hydrogen-bond acceptors (Lipinski definition) is 5. The highest BCUT2D eigenvalue weighted by molar-refractivity contribution is 8.00. The summed E-state index contributed by atoms with van der Waals surface area (Å²) in [5.41, 5.74) is 3.41. The summed E-state index contributed by atoms with van der Waals surface area (Å²) in [6, 6.07) is 19.3. The fraction of sp³-hybridized carbons (Fsp3) is 0.240. The van der Waals surface area contributed by atoms with Crippen molar-refractivity contribution in [1.29, 1.82) is 5.26 Å². The van der Waals surface area contributed by atoms with E-state index < -0.39 is 0 Å². The predicted octanol–water partition coefficient (Wildman–Crippen LogP) is 5.41. The first kappa shape index (κ1) is 22.1. The van der Waals surface area contributed by atoms with Crippen molar-refractivity contribution in [3.05, 3.63) is 76.2 Å². The molecule has 32 heavy (non-hydrogen) atoms. The number of aryl methyl sites for hydroxylation is 1. The van der Waals surface area contributed by atoms with Gasteiger partial charge in [-0.1, -0.05) is 36.4 Å². The molecule has 0 saturated carbocycles. The second kappa shape index (κ2) is 10.5. The van der Waals surface area contributed by atoms with Crippen LogP contribution in [0, 0.1) is 11.3 Å². The van der Waals surface area contributed by atoms with Crippen molar-refractivity contribution in [2.45, 2.75) is 37.0 Å². The van der Waals surface area contributed by atoms with Crippen molar-refractivity contribution >= 4 is 45.6 Å². The first-order valence-corrected chi connectivity index (χ1v) is 12.3. The molecule has 1 heterocycles. The van der Waals surface area contributed by atoms with E-state index >= 15 is 0 Å². The number of thiophene rings is 1. The molecule has 2 aromatic carbocycles. The number of fused-ring (bicyclic) bond motifs is 1. The van der Waals surface area contributed by atoms with Crippen LogP contribution in [0.4, 0.5) is 10.7 Å². The van der Waals surface area contributed by atoms with Gasteiger partial charge in [0.2, 0.25) is 11.8 Å². The lowest BCUT2D eigenvalue weighted by molar-refractivity contribution is -0.115. The number of thioether (sulfide) groups is 1. The summed E-state index contributed by atoms with van der Waals surface area (Å²) in [5, 5.41) is 16.1. The number of nitrogens with zero attached hydrogens (tertiary/aromatic N) is 1. The lowest BCUT2D eigenvalue weighted by Crippen LogP contribution is -2.15. The fourth-order valence-electron chi connectivity index (χ4n) is 3.73. The van der Waals surface area contributed by atoms with Gasteiger partial charge in [0.05, 0.1) is 17.7 Å². The van der Waals surface area contributed by atoms with E-state index in [1.54, 1.807) is 0 Å². The Hall–Kier alpha value is -3.08. The minimum absolute atomic E-state index is 0.0817. The van der Waals surface area contributed by atoms with Gasteiger partial charge in [-0.25, -0.2) is 0 Å². The van der Waals surface area contributed by atoms with Crippen molar-refractivity contribution < 1.29 is 9.59 Å². The zero-order chi connectivity index (χ0) is 22.3. The lowest BCUT2D eigenvalue weighted by atomic mass is 9.96. The molecular formula is C25H23N3O2S2. The minimum atomic E-state index is -0.136. The molecule has 4 rings (SSSR count). The number of hydrogen-bond donors (Lipinski definition) is 2. The zero-order valence-corrected chi connectivity index (χ0v) is 19.2. The SMILES string of the molecule is N#Cc1c(NC(=O)CSc2cccc(NC(=O)Cc3ccccc3)c2)sc2c1CCCC2. The molecule has 2 N–H and O–H groups in total. The number of rotatable bonds is 7. The smallest absolute Gasteiger partial charge is 0.235 e. The van der Waals surface area contributed by atoms with E-state index in [-0.39, 0.29) is 17.6 Å². The quantitative estimate of drug-likeness (QED) is 0.461. The number of benzene rings is 2. The third-order valence-corrected chi connectivity index (χ3v) is 7.43. The van der Waals surface area contributed by atoms with Gasteiger partial charge in [-0.15, -0.1) is 23.1 Å². The maximum atomic E-state index is 12.5. The maximum absolute atomic E-state index is 12.5. The van der Waals surface area contributed by atoms with Crippen molar-refractivity contribution in [2.75, 3.05) is 16.4 Å². The molecule has 0 atom stereocenters. The average Bonchev–Trinajstić information content (AvgIpc) is 3.15. The summed E-state index contributed by atoms with van der Waals surface area (Å²) in [6.45, 7) is 0. The van der Waals surface area contributed by atoms with Gasteiger partial charge in [-0.2, -0.15) is 5.26 Å². The van der Waals surface area contributed by atoms with Crippen LogP contribution in [-0.2, 0) is 28.9 Å². The number of nitrogens with one attached hydrogen (secondary N) is 2. The van der Waals surface area contributed by atoms with Crippen molar-refractivity contribution in [3.8, 4) is 6.07 Å². The standard InChI is InChI=1S/C25H23N3O2S2/c26-15-21-20-11-4-5-12-22(20)32-25(21)28-24(30)16-31-19-10-6-9-18(14-19)27-23(29)13-17-7-2-1-3-8-17/h1-3,6-10,14H,4-5,11-13,16H2,(H,27,29)(H,28,30). The summed E-state index contributed by atoms with van der Waals surface area (Å²) in [4.78, 5) is 27.0. The molecule has 0 spiro atoms. The minimum Gasteiger partial charge on any atom is -0.326 e. The zero-order valence-electron chi connectivity index (χ0n) is 17.5. The van der Waals surface area contributed by atoms with E-state index in [0.29, 0.717) is 22.7 Å². The lowest BCUT2D eigenvalue weighted by Gasteiger charge is -2.09. The molecule has 0 aliphatic heterocycles. The maximum Gasteiger partial charge on any atom is 0.235 e. The predicted molar refractivity (Wildman–Crippen MR) is 130 cm³/mol. The molecule has 0 bridgehead atoms. The third-order valence-electron chi connectivity index (χ3n) is 5.23. The first-order valence-electron chi connectivity index (χ1n) is 10.5. The van der Waals surface area contributed by atoms with Crippen molar-refractivity contribution in [1.82, 2.24) is 0 Å². The van der Waals surface area contributed by atoms with Crippen molar-refractivity contribution in [2.24, 2.45) is 0 Å². The molecular weight excluding hydrogens is 438 g/mol. The van der Waals surface area contributed by atoms with E-state index in [1.165, 1.54) is 28.0 Å². The first-order chi connectivity index (χ1) is 15.6. The Kier molecular flexibility index (Phi) is 7.25. The molecule has 0 radical (unpaired) electrons. The Bertz CT molecular complexity index is 1170. The number of carbonyl (C=O) groups excluding carboxylic acids is 2. The molecule has 1 aliphatic carbocycles. The molecule has 1 aromatic heterocycles. The van der Waals surface area contributed by atoms with E-state index in [9.17, 15) is 14.9 Å². The van der Waals surface area contributed by atoms with E-state index in [0.717, 1.165) is 41.7 Å². The van der Waals surface area contributed by atoms with Crippen LogP contribution in [0.2, 0.25) is 0 Å². The van der Waals surface area contributed by atoms with Crippen LogP contribution in [-0.4, -0.2) is 17.6 Å². The van der Waals surface area contributed by atoms with Crippen LogP contribution < -0.4 is 10.6 Å². The van der Waals surface area contributed by atoms with Crippen LogP contribution in [0.1, 0.15) is 34.4 Å². The summed E-state index contributed by atoms with van der Waals surface area (Å²) >= 11 is 2.93. The Morgan fingerprint density at radius 2 is 1.81 bits per heavy atom. The topological polar surface area (TPSA) is 82.0 Å². The second-order valence-electron chi connectivity index (χ2n) is 7.60. The molecule has 0 saturated heterocycles. The summed E-state index contributed by atoms with van der Waals surface area (Å²) < 4.78 is 0. The van der Waals surface area contributed by atoms with Gasteiger partial charge >= 0.3 is 0 Å². The second-order valence-corrected chi connectivity index (χ2v) is 9.76. The normalized spacial score (nSPS) is 12.5. The molecule has 0 unspecified atom stereocenters. The van der Waals surface area contributed by atoms with Crippen molar-refractivity contribution in [3.63, 3.8) is 0 Å². The Morgan fingerprint density at radius 1 is 1.00 bits per heavy atom. The van der Waals surface area contributed by atoms with Crippen LogP contribution in [0.3, 0.4) is 0 Å². The van der Waals surface area contributed by atoms with Crippen LogP contribution >= 0.6 is 23.1 Å². The summed E-state index contributed by atoms with van der Waals surface area (Å²) in [7, 11) is 0. The molecule has 3 aromatic rings. The molecule has 2 amide bonds. The van der Waals surface area contributed by atoms with Crippen LogP contribution in [0.25, 0.3) is 0 Å². The fourth-order valence-corrected chi connectivity index (χ4v) is 5.74. The monoisotopic (exact) mass is 461 g/mol. The highest BCUT2D eigenvalue weighted by atomic mass is 32.2. The summed E-state index contributed by atoms with van der Waals surface area (Å²) in [6.07, 6.45) is 4.45. The Labute approximate surface area is 195 Å². The summed E-state index contributed by atoms with van der Waals surface area (Å²) in [5.74, 6) is 0.0138. The highest BCUT2D eigenvalue weighted by Crippen LogP contribution is 2.37. The molecule has 0 fully saturated rings. The number of amides is 2. The van der Waals surface area contributed by atoms with Gasteiger partial charge in [0.1, 0.15) is 11.1 Å². The Balaban J connectivity index is 1.32. The van der Waals surface area contributed by atoms with Gasteiger partial charge in [-0.05, 0) is 55.0 Å². The van der Waals surface area contributed by atoms with E-state index in [2.05, 4.69) is 16.7 Å². The van der Waals surface area contributed by atoms with Crippen LogP contribution in [0.15, 0.2) is 59.5 Å². The van der Waals surface area contributed by atoms with Gasteiger partial charge in [0.25, 0.3) is 0 Å². The third kappa shape index (κ3) is 5.58. The molecule has 7 heteroatoms. The highest BCUT2D eigenvalue weighted by Gasteiger charge is 2.21. The van der Waals surface area contributed by atoms with E-state index in [1.807, 2.05) is 54.6 Å².